The van der Waals surface area contributed by atoms with Gasteiger partial charge in [-0.2, -0.15) is 0 Å². The number of para-hydroxylation sites is 1. The van der Waals surface area contributed by atoms with Crippen LogP contribution >= 0.6 is 0 Å². The lowest BCUT2D eigenvalue weighted by molar-refractivity contribution is 0.450. The summed E-state index contributed by atoms with van der Waals surface area (Å²) in [6, 6.07) is 6.37. The normalized spacial score (nSPS) is 18.1. The minimum absolute atomic E-state index is 0.841. The molecule has 2 heteroatoms. The number of nitrogens with zero attached hydrogens (tertiary/aromatic N) is 1. The van der Waals surface area contributed by atoms with Gasteiger partial charge in [0.05, 0.1) is 11.0 Å². The standard InChI is InChI=1S/C16H22N2/c1-12-7-6-10-14-16(12)18-15(17-14)11-13-8-4-2-3-5-9-13/h6-7,10,13H,2-5,8-9,11H2,1H3,(H,17,18). The van der Waals surface area contributed by atoms with E-state index in [9.17, 15) is 0 Å². The smallest absolute Gasteiger partial charge is 0.107 e. The maximum absolute atomic E-state index is 4.78. The van der Waals surface area contributed by atoms with Crippen molar-refractivity contribution in [3.63, 3.8) is 0 Å². The molecular formula is C16H22N2. The van der Waals surface area contributed by atoms with Crippen LogP contribution in [-0.4, -0.2) is 9.97 Å². The fourth-order valence-electron chi connectivity index (χ4n) is 3.16. The van der Waals surface area contributed by atoms with E-state index in [0.29, 0.717) is 0 Å². The highest BCUT2D eigenvalue weighted by atomic mass is 14.9. The van der Waals surface area contributed by atoms with Crippen molar-refractivity contribution in [2.45, 2.75) is 51.9 Å². The third-order valence-corrected chi connectivity index (χ3v) is 4.22. The Balaban J connectivity index is 1.79. The molecule has 0 radical (unpaired) electrons. The van der Waals surface area contributed by atoms with Crippen molar-refractivity contribution in [2.24, 2.45) is 5.92 Å². The SMILES string of the molecule is Cc1cccc2[nH]c(CC3CCCCCC3)nc12. The highest BCUT2D eigenvalue weighted by Crippen LogP contribution is 2.26. The molecular weight excluding hydrogens is 220 g/mol. The number of aryl methyl sites for hydroxylation is 1. The lowest BCUT2D eigenvalue weighted by atomic mass is 9.96. The second kappa shape index (κ2) is 5.13. The van der Waals surface area contributed by atoms with Crippen LogP contribution in [-0.2, 0) is 6.42 Å². The molecule has 18 heavy (non-hydrogen) atoms. The van der Waals surface area contributed by atoms with Gasteiger partial charge < -0.3 is 4.98 Å². The summed E-state index contributed by atoms with van der Waals surface area (Å²) in [5.41, 5.74) is 3.62. The number of aromatic amines is 1. The molecule has 96 valence electrons. The van der Waals surface area contributed by atoms with Crippen LogP contribution in [0.4, 0.5) is 0 Å². The van der Waals surface area contributed by atoms with Gasteiger partial charge in [0.1, 0.15) is 5.82 Å². The molecule has 2 nitrogen and oxygen atoms in total. The van der Waals surface area contributed by atoms with Gasteiger partial charge in [-0.3, -0.25) is 0 Å². The molecule has 1 saturated carbocycles. The molecule has 0 spiro atoms. The number of H-pyrrole nitrogens is 1. The summed E-state index contributed by atoms with van der Waals surface area (Å²) >= 11 is 0. The van der Waals surface area contributed by atoms with E-state index in [1.807, 2.05) is 0 Å². The predicted molar refractivity (Wildman–Crippen MR) is 75.7 cm³/mol. The molecule has 0 bridgehead atoms. The average Bonchev–Trinajstić information content (AvgIpc) is 2.60. The van der Waals surface area contributed by atoms with Crippen molar-refractivity contribution in [2.75, 3.05) is 0 Å². The Kier molecular flexibility index (Phi) is 3.35. The van der Waals surface area contributed by atoms with Crippen LogP contribution < -0.4 is 0 Å². The zero-order valence-corrected chi connectivity index (χ0v) is 11.2. The maximum Gasteiger partial charge on any atom is 0.107 e. The molecule has 1 aliphatic carbocycles. The van der Waals surface area contributed by atoms with Gasteiger partial charge in [-0.1, -0.05) is 50.7 Å². The average molecular weight is 242 g/mol. The Bertz CT molecular complexity index is 519. The first-order valence-electron chi connectivity index (χ1n) is 7.27. The quantitative estimate of drug-likeness (QED) is 0.778. The van der Waals surface area contributed by atoms with Crippen molar-refractivity contribution in [3.8, 4) is 0 Å². The zero-order valence-electron chi connectivity index (χ0n) is 11.2. The number of benzene rings is 1. The molecule has 0 aliphatic heterocycles. The molecule has 3 rings (SSSR count). The van der Waals surface area contributed by atoms with Gasteiger partial charge in [0.15, 0.2) is 0 Å². The molecule has 0 amide bonds. The van der Waals surface area contributed by atoms with Crippen LogP contribution in [0, 0.1) is 12.8 Å². The van der Waals surface area contributed by atoms with E-state index < -0.39 is 0 Å². The van der Waals surface area contributed by atoms with E-state index in [2.05, 4.69) is 30.1 Å². The molecule has 1 aliphatic rings. The largest absolute Gasteiger partial charge is 0.342 e. The summed E-state index contributed by atoms with van der Waals surface area (Å²) in [7, 11) is 0. The first-order chi connectivity index (χ1) is 8.83. The van der Waals surface area contributed by atoms with Crippen molar-refractivity contribution < 1.29 is 0 Å². The minimum Gasteiger partial charge on any atom is -0.342 e. The Morgan fingerprint density at radius 1 is 1.17 bits per heavy atom. The van der Waals surface area contributed by atoms with Gasteiger partial charge in [0.25, 0.3) is 0 Å². The van der Waals surface area contributed by atoms with Crippen LogP contribution in [0.5, 0.6) is 0 Å². The number of hydrogen-bond acceptors (Lipinski definition) is 1. The van der Waals surface area contributed by atoms with Crippen LogP contribution in [0.25, 0.3) is 11.0 Å². The molecule has 0 unspecified atom stereocenters. The maximum atomic E-state index is 4.78. The van der Waals surface area contributed by atoms with Crippen LogP contribution in [0.15, 0.2) is 18.2 Å². The Labute approximate surface area is 109 Å². The molecule has 1 aromatic carbocycles. The van der Waals surface area contributed by atoms with Crippen molar-refractivity contribution in [3.05, 3.63) is 29.6 Å². The van der Waals surface area contributed by atoms with Crippen LogP contribution in [0.1, 0.15) is 49.9 Å². The summed E-state index contributed by atoms with van der Waals surface area (Å²) in [5.74, 6) is 2.03. The van der Waals surface area contributed by atoms with Crippen molar-refractivity contribution >= 4 is 11.0 Å². The van der Waals surface area contributed by atoms with Gasteiger partial charge in [0.2, 0.25) is 0 Å². The summed E-state index contributed by atoms with van der Waals surface area (Å²) in [6.07, 6.45) is 9.57. The van der Waals surface area contributed by atoms with Gasteiger partial charge >= 0.3 is 0 Å². The number of aromatic nitrogens is 2. The number of nitrogens with one attached hydrogen (secondary N) is 1. The second-order valence-corrected chi connectivity index (χ2v) is 5.72. The summed E-state index contributed by atoms with van der Waals surface area (Å²) < 4.78 is 0. The molecule has 1 aromatic heterocycles. The Morgan fingerprint density at radius 2 is 1.94 bits per heavy atom. The summed E-state index contributed by atoms with van der Waals surface area (Å²) in [4.78, 5) is 8.27. The minimum atomic E-state index is 0.841. The first kappa shape index (κ1) is 11.8. The highest BCUT2D eigenvalue weighted by Gasteiger charge is 2.15. The van der Waals surface area contributed by atoms with Crippen LogP contribution in [0.3, 0.4) is 0 Å². The molecule has 1 heterocycles. The molecule has 0 saturated heterocycles. The number of fused-ring (bicyclic) bond motifs is 1. The summed E-state index contributed by atoms with van der Waals surface area (Å²) in [6.45, 7) is 2.14. The molecule has 0 atom stereocenters. The van der Waals surface area contributed by atoms with Gasteiger partial charge in [-0.15, -0.1) is 0 Å². The fraction of sp³-hybridized carbons (Fsp3) is 0.562. The Hall–Kier alpha value is -1.31. The third-order valence-electron chi connectivity index (χ3n) is 4.22. The molecule has 1 N–H and O–H groups in total. The van der Waals surface area contributed by atoms with Crippen molar-refractivity contribution in [1.82, 2.24) is 9.97 Å². The predicted octanol–water partition coefficient (Wildman–Crippen LogP) is 4.38. The number of imidazole rings is 1. The number of rotatable bonds is 2. The van der Waals surface area contributed by atoms with Crippen molar-refractivity contribution in [1.29, 1.82) is 0 Å². The van der Waals surface area contributed by atoms with E-state index in [1.54, 1.807) is 0 Å². The van der Waals surface area contributed by atoms with Gasteiger partial charge in [-0.05, 0) is 24.5 Å². The topological polar surface area (TPSA) is 28.7 Å². The van der Waals surface area contributed by atoms with E-state index in [1.165, 1.54) is 55.4 Å². The lowest BCUT2D eigenvalue weighted by Crippen LogP contribution is -2.04. The lowest BCUT2D eigenvalue weighted by Gasteiger charge is -2.11. The molecule has 1 fully saturated rings. The zero-order chi connectivity index (χ0) is 12.4. The second-order valence-electron chi connectivity index (χ2n) is 5.72. The van der Waals surface area contributed by atoms with E-state index in [0.717, 1.165) is 17.9 Å². The number of hydrogen-bond donors (Lipinski definition) is 1. The van der Waals surface area contributed by atoms with E-state index in [4.69, 9.17) is 4.98 Å². The van der Waals surface area contributed by atoms with Gasteiger partial charge in [-0.25, -0.2) is 4.98 Å². The first-order valence-corrected chi connectivity index (χ1v) is 7.27. The monoisotopic (exact) mass is 242 g/mol. The van der Waals surface area contributed by atoms with Gasteiger partial charge in [0, 0.05) is 6.42 Å². The van der Waals surface area contributed by atoms with Crippen LogP contribution in [0.2, 0.25) is 0 Å². The fourth-order valence-corrected chi connectivity index (χ4v) is 3.16. The molecule has 2 aromatic rings. The highest BCUT2D eigenvalue weighted by molar-refractivity contribution is 5.78. The summed E-state index contributed by atoms with van der Waals surface area (Å²) in [5, 5.41) is 0. The third kappa shape index (κ3) is 2.43. The Morgan fingerprint density at radius 3 is 2.67 bits per heavy atom. The van der Waals surface area contributed by atoms with E-state index in [-0.39, 0.29) is 0 Å². The van der Waals surface area contributed by atoms with E-state index >= 15 is 0 Å².